The average molecular weight is 337 g/mol. The van der Waals surface area contributed by atoms with E-state index in [2.05, 4.69) is 39.2 Å². The molecule has 1 atom stereocenters. The third kappa shape index (κ3) is 3.44. The molecule has 1 aromatic carbocycles. The Kier molecular flexibility index (Phi) is 5.26. The fourth-order valence-corrected chi connectivity index (χ4v) is 2.67. The summed E-state index contributed by atoms with van der Waals surface area (Å²) in [7, 11) is 0. The number of hydrogen-bond acceptors (Lipinski definition) is 2. The van der Waals surface area contributed by atoms with Gasteiger partial charge in [-0.3, -0.25) is 4.98 Å². The molecule has 0 amide bonds. The third-order valence-corrected chi connectivity index (χ3v) is 4.27. The van der Waals surface area contributed by atoms with Gasteiger partial charge in [0, 0.05) is 10.7 Å². The predicted octanol–water partition coefficient (Wildman–Crippen LogP) is 4.38. The van der Waals surface area contributed by atoms with Crippen LogP contribution in [0.2, 0.25) is 0 Å². The molecule has 0 aliphatic carbocycles. The van der Waals surface area contributed by atoms with Crippen LogP contribution in [-0.4, -0.2) is 11.5 Å². The number of pyridine rings is 1. The van der Waals surface area contributed by atoms with Gasteiger partial charge in [-0.1, -0.05) is 41.1 Å². The molecule has 106 valence electrons. The average Bonchev–Trinajstić information content (AvgIpc) is 2.44. The summed E-state index contributed by atoms with van der Waals surface area (Å²) in [5, 5.41) is 3.46. The minimum absolute atomic E-state index is 0.0626. The topological polar surface area (TPSA) is 24.9 Å². The molecular formula is C16H18BrFN2. The second-order valence-corrected chi connectivity index (χ2v) is 5.59. The highest BCUT2D eigenvalue weighted by Gasteiger charge is 2.17. The summed E-state index contributed by atoms with van der Waals surface area (Å²) in [6.45, 7) is 5.02. The van der Waals surface area contributed by atoms with Crippen LogP contribution in [0.15, 0.2) is 41.1 Å². The first kappa shape index (κ1) is 15.1. The summed E-state index contributed by atoms with van der Waals surface area (Å²) in [6.07, 6.45) is 3.96. The highest BCUT2D eigenvalue weighted by Crippen LogP contribution is 2.30. The lowest BCUT2D eigenvalue weighted by molar-refractivity contribution is 0.579. The predicted molar refractivity (Wildman–Crippen MR) is 83.2 cm³/mol. The zero-order chi connectivity index (χ0) is 14.5. The molecular weight excluding hydrogens is 319 g/mol. The van der Waals surface area contributed by atoms with Gasteiger partial charge in [0.2, 0.25) is 0 Å². The Balaban J connectivity index is 2.44. The van der Waals surface area contributed by atoms with Crippen molar-refractivity contribution in [2.45, 2.75) is 26.3 Å². The van der Waals surface area contributed by atoms with Crippen LogP contribution in [-0.2, 0) is 0 Å². The van der Waals surface area contributed by atoms with Gasteiger partial charge in [0.05, 0.1) is 12.2 Å². The summed E-state index contributed by atoms with van der Waals surface area (Å²) in [5.41, 5.74) is 3.10. The normalized spacial score (nSPS) is 12.4. The summed E-state index contributed by atoms with van der Waals surface area (Å²) < 4.78 is 14.5. The fourth-order valence-electron chi connectivity index (χ4n) is 2.18. The third-order valence-electron chi connectivity index (χ3n) is 3.19. The van der Waals surface area contributed by atoms with Crippen molar-refractivity contribution < 1.29 is 4.39 Å². The van der Waals surface area contributed by atoms with Gasteiger partial charge in [0.25, 0.3) is 0 Å². The van der Waals surface area contributed by atoms with Crippen LogP contribution in [0.5, 0.6) is 0 Å². The van der Waals surface area contributed by atoms with E-state index in [9.17, 15) is 4.39 Å². The van der Waals surface area contributed by atoms with Crippen LogP contribution in [0.1, 0.15) is 36.1 Å². The number of benzene rings is 1. The van der Waals surface area contributed by atoms with Crippen LogP contribution < -0.4 is 5.32 Å². The Morgan fingerprint density at radius 1 is 1.35 bits per heavy atom. The SMILES string of the molecule is CCCNC(c1cncc(F)c1)c1cccc(C)c1Br. The van der Waals surface area contributed by atoms with Crippen LogP contribution in [0.4, 0.5) is 4.39 Å². The molecule has 0 saturated carbocycles. The van der Waals surface area contributed by atoms with Gasteiger partial charge in [-0.2, -0.15) is 0 Å². The zero-order valence-electron chi connectivity index (χ0n) is 11.7. The molecule has 0 spiro atoms. The van der Waals surface area contributed by atoms with E-state index in [4.69, 9.17) is 0 Å². The second kappa shape index (κ2) is 6.95. The lowest BCUT2D eigenvalue weighted by Crippen LogP contribution is -2.24. The number of rotatable bonds is 5. The maximum atomic E-state index is 13.4. The number of aromatic nitrogens is 1. The van der Waals surface area contributed by atoms with Crippen molar-refractivity contribution in [2.24, 2.45) is 0 Å². The molecule has 1 unspecified atom stereocenters. The molecule has 0 radical (unpaired) electrons. The van der Waals surface area contributed by atoms with Crippen molar-refractivity contribution in [3.05, 3.63) is 63.6 Å². The van der Waals surface area contributed by atoms with E-state index in [1.165, 1.54) is 12.3 Å². The number of halogens is 2. The van der Waals surface area contributed by atoms with Crippen molar-refractivity contribution in [3.63, 3.8) is 0 Å². The maximum Gasteiger partial charge on any atom is 0.141 e. The van der Waals surface area contributed by atoms with Gasteiger partial charge >= 0.3 is 0 Å². The highest BCUT2D eigenvalue weighted by molar-refractivity contribution is 9.10. The number of aryl methyl sites for hydroxylation is 1. The number of nitrogens with one attached hydrogen (secondary N) is 1. The molecule has 1 aromatic heterocycles. The van der Waals surface area contributed by atoms with Crippen molar-refractivity contribution in [3.8, 4) is 0 Å². The van der Waals surface area contributed by atoms with Crippen LogP contribution >= 0.6 is 15.9 Å². The summed E-state index contributed by atoms with van der Waals surface area (Å²) in [6, 6.07) is 7.59. The molecule has 2 nitrogen and oxygen atoms in total. The van der Waals surface area contributed by atoms with Crippen molar-refractivity contribution in [1.82, 2.24) is 10.3 Å². The summed E-state index contributed by atoms with van der Waals surface area (Å²) >= 11 is 3.63. The molecule has 1 heterocycles. The molecule has 0 fully saturated rings. The minimum Gasteiger partial charge on any atom is -0.306 e. The molecule has 0 aliphatic heterocycles. The highest BCUT2D eigenvalue weighted by atomic mass is 79.9. The lowest BCUT2D eigenvalue weighted by atomic mass is 9.98. The number of nitrogens with zero attached hydrogens (tertiary/aromatic N) is 1. The summed E-state index contributed by atoms with van der Waals surface area (Å²) in [5.74, 6) is -0.311. The van der Waals surface area contributed by atoms with Crippen LogP contribution in [0, 0.1) is 12.7 Å². The van der Waals surface area contributed by atoms with Gasteiger partial charge in [0.15, 0.2) is 0 Å². The first-order valence-electron chi connectivity index (χ1n) is 6.72. The Morgan fingerprint density at radius 3 is 2.85 bits per heavy atom. The molecule has 0 bridgehead atoms. The van der Waals surface area contributed by atoms with E-state index >= 15 is 0 Å². The van der Waals surface area contributed by atoms with Gasteiger partial charge in [-0.15, -0.1) is 0 Å². The molecule has 20 heavy (non-hydrogen) atoms. The van der Waals surface area contributed by atoms with E-state index < -0.39 is 0 Å². The smallest absolute Gasteiger partial charge is 0.141 e. The maximum absolute atomic E-state index is 13.4. The molecule has 0 saturated heterocycles. The second-order valence-electron chi connectivity index (χ2n) is 4.80. The number of hydrogen-bond donors (Lipinski definition) is 1. The molecule has 4 heteroatoms. The van der Waals surface area contributed by atoms with Crippen molar-refractivity contribution in [1.29, 1.82) is 0 Å². The van der Waals surface area contributed by atoms with Crippen molar-refractivity contribution in [2.75, 3.05) is 6.54 Å². The molecule has 0 aliphatic rings. The minimum atomic E-state index is -0.311. The van der Waals surface area contributed by atoms with E-state index in [1.54, 1.807) is 6.20 Å². The van der Waals surface area contributed by atoms with Gasteiger partial charge in [-0.05, 0) is 42.6 Å². The Morgan fingerprint density at radius 2 is 2.15 bits per heavy atom. The standard InChI is InChI=1S/C16H18BrFN2/c1-3-7-20-16(12-8-13(18)10-19-9-12)14-6-4-5-11(2)15(14)17/h4-6,8-10,16,20H,3,7H2,1-2H3. The lowest BCUT2D eigenvalue weighted by Gasteiger charge is -2.21. The Hall–Kier alpha value is -1.26. The first-order valence-corrected chi connectivity index (χ1v) is 7.51. The first-order chi connectivity index (χ1) is 9.63. The van der Waals surface area contributed by atoms with E-state index in [-0.39, 0.29) is 11.9 Å². The van der Waals surface area contributed by atoms with E-state index in [0.717, 1.165) is 34.1 Å². The largest absolute Gasteiger partial charge is 0.306 e. The van der Waals surface area contributed by atoms with Gasteiger partial charge in [0.1, 0.15) is 5.82 Å². The zero-order valence-corrected chi connectivity index (χ0v) is 13.2. The Labute approximate surface area is 127 Å². The van der Waals surface area contributed by atoms with E-state index in [0.29, 0.717) is 0 Å². The van der Waals surface area contributed by atoms with Crippen molar-refractivity contribution >= 4 is 15.9 Å². The fraction of sp³-hybridized carbons (Fsp3) is 0.312. The monoisotopic (exact) mass is 336 g/mol. The quantitative estimate of drug-likeness (QED) is 0.876. The molecule has 1 N–H and O–H groups in total. The molecule has 2 rings (SSSR count). The van der Waals surface area contributed by atoms with Crippen LogP contribution in [0.3, 0.4) is 0 Å². The van der Waals surface area contributed by atoms with E-state index in [1.807, 2.05) is 19.1 Å². The Bertz CT molecular complexity index is 586. The molecule has 2 aromatic rings. The van der Waals surface area contributed by atoms with Crippen LogP contribution in [0.25, 0.3) is 0 Å². The van der Waals surface area contributed by atoms with Gasteiger partial charge in [-0.25, -0.2) is 4.39 Å². The van der Waals surface area contributed by atoms with Gasteiger partial charge < -0.3 is 5.32 Å². The summed E-state index contributed by atoms with van der Waals surface area (Å²) in [4.78, 5) is 3.96.